The van der Waals surface area contributed by atoms with Gasteiger partial charge in [0.25, 0.3) is 5.91 Å². The second-order valence-electron chi connectivity index (χ2n) is 5.16. The van der Waals surface area contributed by atoms with Gasteiger partial charge in [-0.05, 0) is 63.3 Å². The number of carbonyl (C=O) groups is 2. The number of nitrogens with one attached hydrogen (secondary N) is 1. The van der Waals surface area contributed by atoms with Crippen LogP contribution in [0.25, 0.3) is 6.08 Å². The highest BCUT2D eigenvalue weighted by Crippen LogP contribution is 2.13. The minimum absolute atomic E-state index is 0.140. The van der Waals surface area contributed by atoms with E-state index >= 15 is 0 Å². The van der Waals surface area contributed by atoms with Crippen molar-refractivity contribution in [3.63, 3.8) is 0 Å². The number of rotatable bonds is 7. The van der Waals surface area contributed by atoms with E-state index in [2.05, 4.69) is 10.2 Å². The molecular formula is C16H22N2O3. The van der Waals surface area contributed by atoms with E-state index in [1.165, 1.54) is 6.08 Å². The predicted octanol–water partition coefficient (Wildman–Crippen LogP) is 1.77. The first-order valence-electron chi connectivity index (χ1n) is 6.84. The second-order valence-corrected chi connectivity index (χ2v) is 5.16. The van der Waals surface area contributed by atoms with Crippen molar-refractivity contribution in [2.75, 3.05) is 27.2 Å². The van der Waals surface area contributed by atoms with Crippen LogP contribution in [0.2, 0.25) is 0 Å². The molecule has 0 saturated heterocycles. The second kappa shape index (κ2) is 8.21. The summed E-state index contributed by atoms with van der Waals surface area (Å²) in [5, 5.41) is 11.5. The maximum absolute atomic E-state index is 12.0. The lowest BCUT2D eigenvalue weighted by atomic mass is 10.0. The number of carboxylic acids is 1. The molecule has 0 unspecified atom stereocenters. The molecule has 0 atom stereocenters. The zero-order valence-corrected chi connectivity index (χ0v) is 12.7. The van der Waals surface area contributed by atoms with E-state index in [0.29, 0.717) is 12.1 Å². The molecule has 1 rings (SSSR count). The predicted molar refractivity (Wildman–Crippen MR) is 83.4 cm³/mol. The summed E-state index contributed by atoms with van der Waals surface area (Å²) in [6.45, 7) is 3.41. The van der Waals surface area contributed by atoms with Gasteiger partial charge in [0, 0.05) is 18.2 Å². The zero-order chi connectivity index (χ0) is 15.8. The third kappa shape index (κ3) is 6.23. The first-order valence-corrected chi connectivity index (χ1v) is 6.84. The molecule has 0 radical (unpaired) electrons. The summed E-state index contributed by atoms with van der Waals surface area (Å²) in [4.78, 5) is 24.7. The Morgan fingerprint density at radius 2 is 2.05 bits per heavy atom. The van der Waals surface area contributed by atoms with Gasteiger partial charge in [-0.2, -0.15) is 0 Å². The fraction of sp³-hybridized carbons (Fsp3) is 0.375. The lowest BCUT2D eigenvalue weighted by Crippen LogP contribution is -2.27. The van der Waals surface area contributed by atoms with Crippen LogP contribution in [-0.4, -0.2) is 49.1 Å². The van der Waals surface area contributed by atoms with E-state index in [-0.39, 0.29) is 5.91 Å². The van der Waals surface area contributed by atoms with Gasteiger partial charge in [-0.1, -0.05) is 6.07 Å². The molecule has 0 aliphatic heterocycles. The highest BCUT2D eigenvalue weighted by Gasteiger charge is 2.06. The Bertz CT molecular complexity index is 536. The smallest absolute Gasteiger partial charge is 0.328 e. The minimum atomic E-state index is -1.01. The zero-order valence-electron chi connectivity index (χ0n) is 12.7. The lowest BCUT2D eigenvalue weighted by Gasteiger charge is -2.10. The van der Waals surface area contributed by atoms with E-state index in [9.17, 15) is 9.59 Å². The molecule has 0 heterocycles. The van der Waals surface area contributed by atoms with Gasteiger partial charge in [-0.3, -0.25) is 4.79 Å². The third-order valence-corrected chi connectivity index (χ3v) is 3.01. The van der Waals surface area contributed by atoms with Crippen molar-refractivity contribution in [3.05, 3.63) is 41.0 Å². The number of benzene rings is 1. The Labute approximate surface area is 125 Å². The summed E-state index contributed by atoms with van der Waals surface area (Å²) in [6, 6.07) is 5.26. The number of hydrogen-bond donors (Lipinski definition) is 2. The van der Waals surface area contributed by atoms with Crippen LogP contribution in [0.1, 0.15) is 27.9 Å². The number of amides is 1. The molecule has 5 heteroatoms. The van der Waals surface area contributed by atoms with E-state index in [1.54, 1.807) is 12.1 Å². The van der Waals surface area contributed by atoms with Crippen LogP contribution in [-0.2, 0) is 4.79 Å². The minimum Gasteiger partial charge on any atom is -0.478 e. The molecule has 0 aromatic heterocycles. The van der Waals surface area contributed by atoms with Crippen molar-refractivity contribution in [1.29, 1.82) is 0 Å². The largest absolute Gasteiger partial charge is 0.478 e. The summed E-state index contributed by atoms with van der Waals surface area (Å²) in [5.41, 5.74) is 2.20. The van der Waals surface area contributed by atoms with Crippen LogP contribution in [0.4, 0.5) is 0 Å². The van der Waals surface area contributed by atoms with Gasteiger partial charge in [0.05, 0.1) is 0 Å². The topological polar surface area (TPSA) is 69.6 Å². The first kappa shape index (κ1) is 16.9. The van der Waals surface area contributed by atoms with Crippen molar-refractivity contribution in [2.24, 2.45) is 0 Å². The summed E-state index contributed by atoms with van der Waals surface area (Å²) in [7, 11) is 3.98. The van der Waals surface area contributed by atoms with Crippen molar-refractivity contribution in [1.82, 2.24) is 10.2 Å². The normalized spacial score (nSPS) is 11.0. The molecule has 1 amide bonds. The highest BCUT2D eigenvalue weighted by molar-refractivity contribution is 5.95. The Balaban J connectivity index is 2.68. The molecule has 0 spiro atoms. The molecule has 1 aromatic carbocycles. The van der Waals surface area contributed by atoms with Gasteiger partial charge in [-0.15, -0.1) is 0 Å². The molecule has 0 aliphatic rings. The fourth-order valence-corrected chi connectivity index (χ4v) is 1.82. The molecule has 1 aromatic rings. The van der Waals surface area contributed by atoms with E-state index in [0.717, 1.165) is 30.2 Å². The maximum Gasteiger partial charge on any atom is 0.328 e. The van der Waals surface area contributed by atoms with E-state index in [4.69, 9.17) is 5.11 Å². The van der Waals surface area contributed by atoms with Crippen molar-refractivity contribution >= 4 is 18.0 Å². The standard InChI is InChI=1S/C16H22N2O3/c1-12-5-6-14(11-13(12)7-8-15(19)20)16(21)17-9-4-10-18(2)3/h5-8,11H,4,9-10H2,1-3H3,(H,17,21)(H,19,20)/b8-7+. The van der Waals surface area contributed by atoms with Crippen LogP contribution >= 0.6 is 0 Å². The van der Waals surface area contributed by atoms with Crippen molar-refractivity contribution in [3.8, 4) is 0 Å². The lowest BCUT2D eigenvalue weighted by molar-refractivity contribution is -0.131. The Kier molecular flexibility index (Phi) is 6.62. The monoisotopic (exact) mass is 290 g/mol. The van der Waals surface area contributed by atoms with Crippen LogP contribution < -0.4 is 5.32 Å². The molecular weight excluding hydrogens is 268 g/mol. The summed E-state index contributed by atoms with van der Waals surface area (Å²) >= 11 is 0. The number of hydrogen-bond acceptors (Lipinski definition) is 3. The van der Waals surface area contributed by atoms with Gasteiger partial charge in [-0.25, -0.2) is 4.79 Å². The molecule has 5 nitrogen and oxygen atoms in total. The molecule has 0 aliphatic carbocycles. The van der Waals surface area contributed by atoms with Crippen LogP contribution in [0.3, 0.4) is 0 Å². The maximum atomic E-state index is 12.0. The number of carbonyl (C=O) groups excluding carboxylic acids is 1. The Morgan fingerprint density at radius 1 is 1.33 bits per heavy atom. The number of aryl methyl sites for hydroxylation is 1. The van der Waals surface area contributed by atoms with Gasteiger partial charge in [0.15, 0.2) is 0 Å². The molecule has 2 N–H and O–H groups in total. The molecule has 21 heavy (non-hydrogen) atoms. The SMILES string of the molecule is Cc1ccc(C(=O)NCCCN(C)C)cc1/C=C/C(=O)O. The fourth-order valence-electron chi connectivity index (χ4n) is 1.82. The van der Waals surface area contributed by atoms with Gasteiger partial charge in [0.1, 0.15) is 0 Å². The van der Waals surface area contributed by atoms with Gasteiger partial charge >= 0.3 is 5.97 Å². The molecule has 0 fully saturated rings. The van der Waals surface area contributed by atoms with Crippen molar-refractivity contribution in [2.45, 2.75) is 13.3 Å². The number of carboxylic acid groups (broad SMARTS) is 1. The molecule has 0 saturated carbocycles. The molecule has 114 valence electrons. The third-order valence-electron chi connectivity index (χ3n) is 3.01. The van der Waals surface area contributed by atoms with Crippen molar-refractivity contribution < 1.29 is 14.7 Å². The van der Waals surface area contributed by atoms with Crippen LogP contribution in [0.15, 0.2) is 24.3 Å². The van der Waals surface area contributed by atoms with E-state index < -0.39 is 5.97 Å². The van der Waals surface area contributed by atoms with Crippen LogP contribution in [0, 0.1) is 6.92 Å². The Morgan fingerprint density at radius 3 is 2.67 bits per heavy atom. The van der Waals surface area contributed by atoms with Gasteiger partial charge < -0.3 is 15.3 Å². The average Bonchev–Trinajstić information content (AvgIpc) is 2.42. The number of aliphatic carboxylic acids is 1. The van der Waals surface area contributed by atoms with Crippen LogP contribution in [0.5, 0.6) is 0 Å². The highest BCUT2D eigenvalue weighted by atomic mass is 16.4. The quantitative estimate of drug-likeness (QED) is 0.593. The summed E-state index contributed by atoms with van der Waals surface area (Å²) in [5.74, 6) is -1.15. The number of nitrogens with zero attached hydrogens (tertiary/aromatic N) is 1. The Hall–Kier alpha value is -2.14. The average molecular weight is 290 g/mol. The van der Waals surface area contributed by atoms with Gasteiger partial charge in [0.2, 0.25) is 0 Å². The first-order chi connectivity index (χ1) is 9.90. The molecule has 0 bridgehead atoms. The summed E-state index contributed by atoms with van der Waals surface area (Å²) < 4.78 is 0. The summed E-state index contributed by atoms with van der Waals surface area (Å²) in [6.07, 6.45) is 3.46. The van der Waals surface area contributed by atoms with E-state index in [1.807, 2.05) is 27.1 Å².